The number of Topliss-reactive ketones (excluding diaryl/α,β-unsaturated/α-hetero) is 2. The Labute approximate surface area is 145 Å². The molecule has 126 valence electrons. The van der Waals surface area contributed by atoms with Crippen molar-refractivity contribution in [3.63, 3.8) is 0 Å². The van der Waals surface area contributed by atoms with Gasteiger partial charge < -0.3 is 0 Å². The van der Waals surface area contributed by atoms with Crippen LogP contribution in [-0.4, -0.2) is 23.0 Å². The molecule has 5 nitrogen and oxygen atoms in total. The average Bonchev–Trinajstić information content (AvgIpc) is 2.86. The fourth-order valence-electron chi connectivity index (χ4n) is 3.30. The van der Waals surface area contributed by atoms with Crippen LogP contribution in [0.3, 0.4) is 0 Å². The quantitative estimate of drug-likeness (QED) is 0.360. The fraction of sp³-hybridized carbons (Fsp3) is 0.200. The SMILES string of the molecule is CC(C[C@H](C[N+](=O)[O-])c1ccccc1)=C1C(=O)c2ccccc2C1=O. The van der Waals surface area contributed by atoms with Gasteiger partial charge in [0.1, 0.15) is 0 Å². The van der Waals surface area contributed by atoms with Gasteiger partial charge in [-0.1, -0.05) is 60.2 Å². The molecule has 25 heavy (non-hydrogen) atoms. The molecule has 1 aliphatic carbocycles. The zero-order chi connectivity index (χ0) is 18.0. The lowest BCUT2D eigenvalue weighted by atomic mass is 9.89. The van der Waals surface area contributed by atoms with Crippen molar-refractivity contribution in [3.8, 4) is 0 Å². The van der Waals surface area contributed by atoms with Crippen molar-refractivity contribution in [1.29, 1.82) is 0 Å². The third-order valence-corrected chi connectivity index (χ3v) is 4.49. The first-order valence-corrected chi connectivity index (χ1v) is 8.04. The van der Waals surface area contributed by atoms with Crippen LogP contribution in [0.2, 0.25) is 0 Å². The van der Waals surface area contributed by atoms with Crippen molar-refractivity contribution >= 4 is 11.6 Å². The standard InChI is InChI=1S/C20H17NO4/c1-13(11-15(12-21(24)25)14-7-3-2-4-8-14)18-19(22)16-9-5-6-10-17(16)20(18)23/h2-10,15H,11-12H2,1H3/t15-/m1/s1. The molecule has 2 aromatic carbocycles. The Bertz CT molecular complexity index is 847. The molecular weight excluding hydrogens is 318 g/mol. The first-order valence-electron chi connectivity index (χ1n) is 8.04. The number of fused-ring (bicyclic) bond motifs is 1. The second kappa shape index (κ2) is 6.81. The highest BCUT2D eigenvalue weighted by Gasteiger charge is 2.34. The van der Waals surface area contributed by atoms with E-state index < -0.39 is 0 Å². The molecule has 5 heteroatoms. The maximum Gasteiger partial charge on any atom is 0.210 e. The number of nitrogens with zero attached hydrogens (tertiary/aromatic N) is 1. The molecule has 0 radical (unpaired) electrons. The van der Waals surface area contributed by atoms with Crippen molar-refractivity contribution < 1.29 is 14.5 Å². The van der Waals surface area contributed by atoms with E-state index in [1.807, 2.05) is 30.3 Å². The second-order valence-electron chi connectivity index (χ2n) is 6.19. The topological polar surface area (TPSA) is 77.3 Å². The molecule has 0 saturated carbocycles. The van der Waals surface area contributed by atoms with Gasteiger partial charge in [-0.25, -0.2) is 0 Å². The zero-order valence-electron chi connectivity index (χ0n) is 13.8. The van der Waals surface area contributed by atoms with E-state index >= 15 is 0 Å². The monoisotopic (exact) mass is 335 g/mol. The lowest BCUT2D eigenvalue weighted by molar-refractivity contribution is -0.483. The predicted molar refractivity (Wildman–Crippen MR) is 93.5 cm³/mol. The second-order valence-corrected chi connectivity index (χ2v) is 6.19. The van der Waals surface area contributed by atoms with E-state index in [4.69, 9.17) is 0 Å². The van der Waals surface area contributed by atoms with Crippen molar-refractivity contribution in [2.24, 2.45) is 0 Å². The molecule has 0 aromatic heterocycles. The van der Waals surface area contributed by atoms with Crippen LogP contribution in [0.5, 0.6) is 0 Å². The van der Waals surface area contributed by atoms with Gasteiger partial charge in [0.05, 0.1) is 11.5 Å². The van der Waals surface area contributed by atoms with Gasteiger partial charge in [-0.2, -0.15) is 0 Å². The summed E-state index contributed by atoms with van der Waals surface area (Å²) in [5.74, 6) is -0.954. The van der Waals surface area contributed by atoms with Gasteiger partial charge in [0, 0.05) is 16.1 Å². The molecule has 0 unspecified atom stereocenters. The number of hydrogen-bond donors (Lipinski definition) is 0. The van der Waals surface area contributed by atoms with Gasteiger partial charge >= 0.3 is 0 Å². The van der Waals surface area contributed by atoms with E-state index in [2.05, 4.69) is 0 Å². The number of hydrogen-bond acceptors (Lipinski definition) is 4. The predicted octanol–water partition coefficient (Wildman–Crippen LogP) is 3.83. The lowest BCUT2D eigenvalue weighted by Crippen LogP contribution is -2.15. The van der Waals surface area contributed by atoms with E-state index in [1.165, 1.54) is 0 Å². The number of carbonyl (C=O) groups excluding carboxylic acids is 2. The summed E-state index contributed by atoms with van der Waals surface area (Å²) in [5.41, 5.74) is 2.40. The highest BCUT2D eigenvalue weighted by Crippen LogP contribution is 2.32. The van der Waals surface area contributed by atoms with Gasteiger partial charge in [0.2, 0.25) is 6.54 Å². The van der Waals surface area contributed by atoms with Crippen molar-refractivity contribution in [3.05, 3.63) is 92.5 Å². The molecule has 2 aromatic rings. The molecule has 0 fully saturated rings. The summed E-state index contributed by atoms with van der Waals surface area (Å²) >= 11 is 0. The average molecular weight is 335 g/mol. The minimum absolute atomic E-state index is 0.158. The Hall–Kier alpha value is -3.08. The largest absolute Gasteiger partial charge is 0.288 e. The summed E-state index contributed by atoms with van der Waals surface area (Å²) in [5, 5.41) is 11.0. The van der Waals surface area contributed by atoms with Gasteiger partial charge in [-0.3, -0.25) is 19.7 Å². The normalized spacial score (nSPS) is 14.4. The molecule has 0 bridgehead atoms. The third-order valence-electron chi connectivity index (χ3n) is 4.49. The zero-order valence-corrected chi connectivity index (χ0v) is 13.8. The maximum atomic E-state index is 12.6. The maximum absolute atomic E-state index is 12.6. The minimum atomic E-state index is -0.381. The lowest BCUT2D eigenvalue weighted by Gasteiger charge is -2.14. The molecule has 0 amide bonds. The first kappa shape index (κ1) is 16.8. The highest BCUT2D eigenvalue weighted by atomic mass is 16.6. The smallest absolute Gasteiger partial charge is 0.210 e. The summed E-state index contributed by atoms with van der Waals surface area (Å²) in [6.45, 7) is 1.47. The van der Waals surface area contributed by atoms with Crippen LogP contribution in [0.15, 0.2) is 65.7 Å². The molecule has 0 saturated heterocycles. The number of ketones is 2. The Morgan fingerprint density at radius 2 is 1.48 bits per heavy atom. The summed E-state index contributed by atoms with van der Waals surface area (Å²) in [6, 6.07) is 15.9. The van der Waals surface area contributed by atoms with Gasteiger partial charge in [0.25, 0.3) is 0 Å². The molecule has 0 spiro atoms. The van der Waals surface area contributed by atoms with Crippen LogP contribution in [0.4, 0.5) is 0 Å². The van der Waals surface area contributed by atoms with Crippen LogP contribution >= 0.6 is 0 Å². The van der Waals surface area contributed by atoms with Crippen molar-refractivity contribution in [2.45, 2.75) is 19.3 Å². The van der Waals surface area contributed by atoms with E-state index in [-0.39, 0.29) is 34.5 Å². The minimum Gasteiger partial charge on any atom is -0.288 e. The van der Waals surface area contributed by atoms with E-state index in [9.17, 15) is 19.7 Å². The van der Waals surface area contributed by atoms with Crippen LogP contribution < -0.4 is 0 Å². The Morgan fingerprint density at radius 3 is 2.00 bits per heavy atom. The number of benzene rings is 2. The molecule has 0 aliphatic heterocycles. The van der Waals surface area contributed by atoms with Gasteiger partial charge in [0.15, 0.2) is 11.6 Å². The van der Waals surface area contributed by atoms with E-state index in [0.717, 1.165) is 5.56 Å². The van der Waals surface area contributed by atoms with Crippen LogP contribution in [0, 0.1) is 10.1 Å². The summed E-state index contributed by atoms with van der Waals surface area (Å²) < 4.78 is 0. The number of nitro groups is 1. The van der Waals surface area contributed by atoms with Crippen LogP contribution in [0.25, 0.3) is 0 Å². The molecule has 0 N–H and O–H groups in total. The van der Waals surface area contributed by atoms with Crippen molar-refractivity contribution in [1.82, 2.24) is 0 Å². The Morgan fingerprint density at radius 1 is 0.960 bits per heavy atom. The number of allylic oxidation sites excluding steroid dienone is 2. The molecular formula is C20H17NO4. The van der Waals surface area contributed by atoms with Crippen molar-refractivity contribution in [2.75, 3.05) is 6.54 Å². The third kappa shape index (κ3) is 3.26. The molecule has 1 aliphatic rings. The van der Waals surface area contributed by atoms with Gasteiger partial charge in [-0.15, -0.1) is 0 Å². The summed E-state index contributed by atoms with van der Waals surface area (Å²) in [6.07, 6.45) is 0.297. The Kier molecular flexibility index (Phi) is 4.57. The fourth-order valence-corrected chi connectivity index (χ4v) is 3.30. The number of carbonyl (C=O) groups is 2. The first-order chi connectivity index (χ1) is 12.0. The summed E-state index contributed by atoms with van der Waals surface area (Å²) in [4.78, 5) is 35.8. The summed E-state index contributed by atoms with van der Waals surface area (Å²) in [7, 11) is 0. The Balaban J connectivity index is 1.95. The van der Waals surface area contributed by atoms with E-state index in [1.54, 1.807) is 31.2 Å². The van der Waals surface area contributed by atoms with Crippen LogP contribution in [-0.2, 0) is 0 Å². The molecule has 0 heterocycles. The number of rotatable bonds is 5. The van der Waals surface area contributed by atoms with Gasteiger partial charge in [-0.05, 0) is 18.9 Å². The molecule has 3 rings (SSSR count). The highest BCUT2D eigenvalue weighted by molar-refractivity contribution is 6.39. The van der Waals surface area contributed by atoms with Crippen LogP contribution in [0.1, 0.15) is 45.5 Å². The van der Waals surface area contributed by atoms with E-state index in [0.29, 0.717) is 23.1 Å². The molecule has 1 atom stereocenters.